The number of hydrogen-bond acceptors (Lipinski definition) is 3. The van der Waals surface area contributed by atoms with Crippen molar-refractivity contribution in [2.75, 3.05) is 19.3 Å². The van der Waals surface area contributed by atoms with E-state index in [9.17, 15) is 17.6 Å². The summed E-state index contributed by atoms with van der Waals surface area (Å²) in [7, 11) is -3.23. The van der Waals surface area contributed by atoms with Crippen LogP contribution in [0.25, 0.3) is 0 Å². The lowest BCUT2D eigenvalue weighted by Crippen LogP contribution is -2.49. The van der Waals surface area contributed by atoms with E-state index in [-0.39, 0.29) is 30.1 Å². The molecule has 0 bridgehead atoms. The fourth-order valence-corrected chi connectivity index (χ4v) is 3.77. The summed E-state index contributed by atoms with van der Waals surface area (Å²) in [5, 5.41) is 2.90. The molecule has 1 heterocycles. The van der Waals surface area contributed by atoms with Gasteiger partial charge in [-0.3, -0.25) is 4.79 Å². The van der Waals surface area contributed by atoms with E-state index in [1.807, 2.05) is 6.92 Å². The molecular formula is C16H23FN2O3S. The van der Waals surface area contributed by atoms with Crippen LogP contribution in [0.5, 0.6) is 0 Å². The van der Waals surface area contributed by atoms with Crippen molar-refractivity contribution < 1.29 is 17.6 Å². The molecule has 1 saturated heterocycles. The Kier molecular flexibility index (Phi) is 5.75. The van der Waals surface area contributed by atoms with Crippen molar-refractivity contribution >= 4 is 15.9 Å². The van der Waals surface area contributed by atoms with Crippen molar-refractivity contribution in [1.82, 2.24) is 9.62 Å². The number of nitrogens with one attached hydrogen (secondary N) is 1. The average Bonchev–Trinajstić information content (AvgIpc) is 2.46. The molecule has 23 heavy (non-hydrogen) atoms. The van der Waals surface area contributed by atoms with E-state index in [2.05, 4.69) is 5.32 Å². The fourth-order valence-electron chi connectivity index (χ4n) is 2.86. The van der Waals surface area contributed by atoms with Crippen LogP contribution in [-0.4, -0.2) is 44.0 Å². The maximum absolute atomic E-state index is 13.2. The first-order valence-electron chi connectivity index (χ1n) is 7.75. The number of hydrogen-bond donors (Lipinski definition) is 1. The Morgan fingerprint density at radius 1 is 1.48 bits per heavy atom. The third-order valence-corrected chi connectivity index (χ3v) is 5.40. The molecule has 1 aliphatic heterocycles. The lowest BCUT2D eigenvalue weighted by molar-refractivity contribution is -0.122. The standard InChI is InChI=1S/C16H23FN2O3S/c1-12(13-5-3-6-14(17)10-13)9-16(20)18-15-7-4-8-19(11-15)23(2,21)22/h3,5-6,10,12,15H,4,7-9,11H2,1-2H3,(H,18,20)/t12-,15-/m0/s1. The second-order valence-electron chi connectivity index (χ2n) is 6.19. The summed E-state index contributed by atoms with van der Waals surface area (Å²) in [4.78, 5) is 12.2. The second-order valence-corrected chi connectivity index (χ2v) is 8.17. The van der Waals surface area contributed by atoms with Gasteiger partial charge in [0.15, 0.2) is 0 Å². The summed E-state index contributed by atoms with van der Waals surface area (Å²) < 4.78 is 37.8. The van der Waals surface area contributed by atoms with Crippen molar-refractivity contribution in [2.45, 2.75) is 38.1 Å². The van der Waals surface area contributed by atoms with Gasteiger partial charge in [-0.25, -0.2) is 17.1 Å². The Labute approximate surface area is 136 Å². The maximum Gasteiger partial charge on any atom is 0.220 e. The predicted molar refractivity (Wildman–Crippen MR) is 87.0 cm³/mol. The van der Waals surface area contributed by atoms with Gasteiger partial charge >= 0.3 is 0 Å². The second kappa shape index (κ2) is 7.40. The number of sulfonamides is 1. The van der Waals surface area contributed by atoms with Gasteiger partial charge in [0.1, 0.15) is 5.82 Å². The van der Waals surface area contributed by atoms with E-state index in [0.29, 0.717) is 13.1 Å². The Morgan fingerprint density at radius 2 is 2.22 bits per heavy atom. The van der Waals surface area contributed by atoms with Crippen LogP contribution >= 0.6 is 0 Å². The highest BCUT2D eigenvalue weighted by Gasteiger charge is 2.27. The SMILES string of the molecule is C[C@@H](CC(=O)N[C@H]1CCCN(S(C)(=O)=O)C1)c1cccc(F)c1. The van der Waals surface area contributed by atoms with Crippen LogP contribution in [0, 0.1) is 5.82 Å². The van der Waals surface area contributed by atoms with Crippen LogP contribution in [-0.2, 0) is 14.8 Å². The average molecular weight is 342 g/mol. The van der Waals surface area contributed by atoms with Gasteiger partial charge < -0.3 is 5.32 Å². The third-order valence-electron chi connectivity index (χ3n) is 4.13. The molecule has 0 saturated carbocycles. The van der Waals surface area contributed by atoms with Gasteiger partial charge in [-0.05, 0) is 36.5 Å². The van der Waals surface area contributed by atoms with Gasteiger partial charge in [0, 0.05) is 25.6 Å². The molecule has 1 amide bonds. The van der Waals surface area contributed by atoms with E-state index in [1.165, 1.54) is 22.7 Å². The Hall–Kier alpha value is -1.47. The molecule has 0 aliphatic carbocycles. The van der Waals surface area contributed by atoms with Crippen molar-refractivity contribution in [3.8, 4) is 0 Å². The van der Waals surface area contributed by atoms with Crippen LogP contribution in [0.1, 0.15) is 37.7 Å². The molecular weight excluding hydrogens is 319 g/mol. The highest BCUT2D eigenvalue weighted by molar-refractivity contribution is 7.88. The van der Waals surface area contributed by atoms with Gasteiger partial charge in [-0.15, -0.1) is 0 Å². The molecule has 1 aliphatic rings. The maximum atomic E-state index is 13.2. The zero-order valence-electron chi connectivity index (χ0n) is 13.5. The van der Waals surface area contributed by atoms with E-state index >= 15 is 0 Å². The lowest BCUT2D eigenvalue weighted by Gasteiger charge is -2.31. The topological polar surface area (TPSA) is 66.5 Å². The zero-order chi connectivity index (χ0) is 17.0. The minimum atomic E-state index is -3.23. The van der Waals surface area contributed by atoms with E-state index in [4.69, 9.17) is 0 Å². The van der Waals surface area contributed by atoms with Crippen LogP contribution in [0.4, 0.5) is 4.39 Å². The first-order chi connectivity index (χ1) is 10.8. The largest absolute Gasteiger partial charge is 0.352 e. The molecule has 5 nitrogen and oxygen atoms in total. The summed E-state index contributed by atoms with van der Waals surface area (Å²) in [6.45, 7) is 2.70. The molecule has 1 fully saturated rings. The van der Waals surface area contributed by atoms with Gasteiger partial charge in [0.25, 0.3) is 0 Å². The Bertz CT molecular complexity index is 663. The minimum Gasteiger partial charge on any atom is -0.352 e. The van der Waals surface area contributed by atoms with Crippen LogP contribution in [0.2, 0.25) is 0 Å². The molecule has 0 aromatic heterocycles. The van der Waals surface area contributed by atoms with Crippen molar-refractivity contribution in [2.24, 2.45) is 0 Å². The van der Waals surface area contributed by atoms with Crippen molar-refractivity contribution in [3.63, 3.8) is 0 Å². The Balaban J connectivity index is 1.89. The number of halogens is 1. The summed E-state index contributed by atoms with van der Waals surface area (Å²) in [6, 6.07) is 6.07. The summed E-state index contributed by atoms with van der Waals surface area (Å²) in [5.74, 6) is -0.548. The number of carbonyl (C=O) groups excluding carboxylic acids is 1. The van der Waals surface area contributed by atoms with Gasteiger partial charge in [-0.2, -0.15) is 0 Å². The predicted octanol–water partition coefficient (Wildman–Crippen LogP) is 1.86. The fraction of sp³-hybridized carbons (Fsp3) is 0.562. The molecule has 0 radical (unpaired) electrons. The highest BCUT2D eigenvalue weighted by Crippen LogP contribution is 2.20. The molecule has 7 heteroatoms. The molecule has 1 aromatic carbocycles. The van der Waals surface area contributed by atoms with Crippen LogP contribution in [0.3, 0.4) is 0 Å². The molecule has 1 N–H and O–H groups in total. The molecule has 2 rings (SSSR count). The van der Waals surface area contributed by atoms with Crippen molar-refractivity contribution in [3.05, 3.63) is 35.6 Å². The van der Waals surface area contributed by atoms with Gasteiger partial charge in [-0.1, -0.05) is 19.1 Å². The number of carbonyl (C=O) groups is 1. The Morgan fingerprint density at radius 3 is 2.87 bits per heavy atom. The smallest absolute Gasteiger partial charge is 0.220 e. The summed E-state index contributed by atoms with van der Waals surface area (Å²) >= 11 is 0. The normalized spacial score (nSPS) is 20.9. The number of piperidine rings is 1. The summed E-state index contributed by atoms with van der Waals surface area (Å²) in [5.41, 5.74) is 0.779. The van der Waals surface area contributed by atoms with E-state index in [1.54, 1.807) is 12.1 Å². The first-order valence-corrected chi connectivity index (χ1v) is 9.60. The number of amides is 1. The quantitative estimate of drug-likeness (QED) is 0.888. The van der Waals surface area contributed by atoms with Gasteiger partial charge in [0.05, 0.1) is 6.26 Å². The zero-order valence-corrected chi connectivity index (χ0v) is 14.3. The van der Waals surface area contributed by atoms with Gasteiger partial charge in [0.2, 0.25) is 15.9 Å². The molecule has 128 valence electrons. The lowest BCUT2D eigenvalue weighted by atomic mass is 9.97. The van der Waals surface area contributed by atoms with Crippen LogP contribution < -0.4 is 5.32 Å². The molecule has 0 unspecified atom stereocenters. The molecule has 0 spiro atoms. The monoisotopic (exact) mass is 342 g/mol. The number of benzene rings is 1. The molecule has 1 aromatic rings. The van der Waals surface area contributed by atoms with E-state index in [0.717, 1.165) is 18.4 Å². The first kappa shape index (κ1) is 17.9. The van der Waals surface area contributed by atoms with Crippen molar-refractivity contribution in [1.29, 1.82) is 0 Å². The minimum absolute atomic E-state index is 0.0969. The number of rotatable bonds is 5. The number of nitrogens with zero attached hydrogens (tertiary/aromatic N) is 1. The van der Waals surface area contributed by atoms with Crippen LogP contribution in [0.15, 0.2) is 24.3 Å². The third kappa shape index (κ3) is 5.28. The highest BCUT2D eigenvalue weighted by atomic mass is 32.2. The van der Waals surface area contributed by atoms with E-state index < -0.39 is 10.0 Å². The molecule has 2 atom stereocenters. The summed E-state index contributed by atoms with van der Waals surface area (Å²) in [6.07, 6.45) is 2.94.